The van der Waals surface area contributed by atoms with E-state index in [1.165, 1.54) is 0 Å². The average Bonchev–Trinajstić information content (AvgIpc) is 2.92. The molecule has 0 saturated carbocycles. The Morgan fingerprint density at radius 1 is 1.33 bits per heavy atom. The number of aromatic nitrogens is 2. The maximum atomic E-state index is 12.0. The highest BCUT2D eigenvalue weighted by Gasteiger charge is 2.22. The van der Waals surface area contributed by atoms with E-state index in [9.17, 15) is 9.59 Å². The minimum absolute atomic E-state index is 0.210. The van der Waals surface area contributed by atoms with Gasteiger partial charge in [-0.15, -0.1) is 0 Å². The van der Waals surface area contributed by atoms with Gasteiger partial charge in [-0.3, -0.25) is 9.59 Å². The van der Waals surface area contributed by atoms with Crippen molar-refractivity contribution in [2.24, 2.45) is 0 Å². The second-order valence-corrected chi connectivity index (χ2v) is 4.88. The van der Waals surface area contributed by atoms with Crippen LogP contribution in [-0.2, 0) is 16.1 Å². The average molecular weight is 288 g/mol. The third-order valence-corrected chi connectivity index (χ3v) is 3.32. The number of benzene rings is 1. The summed E-state index contributed by atoms with van der Waals surface area (Å²) >= 11 is 0. The minimum atomic E-state index is -0.580. The van der Waals surface area contributed by atoms with Gasteiger partial charge >= 0.3 is 0 Å². The molecule has 6 heteroatoms. The molecule has 21 heavy (non-hydrogen) atoms. The summed E-state index contributed by atoms with van der Waals surface area (Å²) in [5, 5.41) is 5.48. The lowest BCUT2D eigenvalue weighted by Crippen LogP contribution is -2.43. The standard InChI is InChI=1S/C15H20N4O2/c1-3-6-12(16-2)14(20)15(21)17-9-13-18-10-7-4-5-8-11(10)19-13/h4-5,7-8,12,16H,3,6,9H2,1-2H3,(H,17,21)(H,18,19). The van der Waals surface area contributed by atoms with E-state index in [0.717, 1.165) is 17.5 Å². The number of para-hydroxylation sites is 2. The summed E-state index contributed by atoms with van der Waals surface area (Å²) in [6, 6.07) is 7.19. The van der Waals surface area contributed by atoms with Gasteiger partial charge in [-0.1, -0.05) is 25.5 Å². The first kappa shape index (κ1) is 15.2. The summed E-state index contributed by atoms with van der Waals surface area (Å²) in [5.41, 5.74) is 1.75. The molecule has 1 amide bonds. The summed E-state index contributed by atoms with van der Waals surface area (Å²) in [6.45, 7) is 2.19. The number of aromatic amines is 1. The smallest absolute Gasteiger partial charge is 0.289 e. The van der Waals surface area contributed by atoms with Crippen LogP contribution in [-0.4, -0.2) is 34.7 Å². The molecule has 0 fully saturated rings. The molecule has 2 rings (SSSR count). The molecule has 0 radical (unpaired) electrons. The Labute approximate surface area is 123 Å². The highest BCUT2D eigenvalue weighted by Crippen LogP contribution is 2.09. The second-order valence-electron chi connectivity index (χ2n) is 4.88. The van der Waals surface area contributed by atoms with Crippen molar-refractivity contribution in [2.45, 2.75) is 32.4 Å². The molecule has 1 heterocycles. The molecule has 0 aliphatic carbocycles. The number of rotatable bonds is 7. The topological polar surface area (TPSA) is 86.9 Å². The molecular formula is C15H20N4O2. The normalized spacial score (nSPS) is 12.3. The van der Waals surface area contributed by atoms with E-state index in [2.05, 4.69) is 20.6 Å². The van der Waals surface area contributed by atoms with Gasteiger partial charge in [-0.25, -0.2) is 4.98 Å². The first-order valence-corrected chi connectivity index (χ1v) is 7.08. The Bertz CT molecular complexity index is 602. The maximum Gasteiger partial charge on any atom is 0.289 e. The van der Waals surface area contributed by atoms with Gasteiger partial charge in [0, 0.05) is 0 Å². The molecule has 0 aliphatic rings. The number of carbonyl (C=O) groups excluding carboxylic acids is 2. The van der Waals surface area contributed by atoms with Crippen LogP contribution in [0.5, 0.6) is 0 Å². The Kier molecular flexibility index (Phi) is 5.05. The Morgan fingerprint density at radius 2 is 2.10 bits per heavy atom. The number of imidazole rings is 1. The van der Waals surface area contributed by atoms with Crippen molar-refractivity contribution < 1.29 is 9.59 Å². The Morgan fingerprint density at radius 3 is 2.76 bits per heavy atom. The third-order valence-electron chi connectivity index (χ3n) is 3.32. The molecule has 0 bridgehead atoms. The molecule has 1 aromatic heterocycles. The lowest BCUT2D eigenvalue weighted by molar-refractivity contribution is -0.139. The number of fused-ring (bicyclic) bond motifs is 1. The fourth-order valence-corrected chi connectivity index (χ4v) is 2.19. The predicted octanol–water partition coefficient (Wildman–Crippen LogP) is 1.14. The number of Topliss-reactive ketones (excluding diaryl/α,β-unsaturated/α-hetero) is 1. The number of likely N-dealkylation sites (N-methyl/N-ethyl adjacent to an activating group) is 1. The Balaban J connectivity index is 1.95. The fourth-order valence-electron chi connectivity index (χ4n) is 2.19. The van der Waals surface area contributed by atoms with E-state index >= 15 is 0 Å². The van der Waals surface area contributed by atoms with Gasteiger partial charge in [0.2, 0.25) is 5.78 Å². The number of hydrogen-bond acceptors (Lipinski definition) is 4. The number of hydrogen-bond donors (Lipinski definition) is 3. The molecule has 1 aromatic carbocycles. The van der Waals surface area contributed by atoms with E-state index in [1.807, 2.05) is 31.2 Å². The maximum absolute atomic E-state index is 12.0. The van der Waals surface area contributed by atoms with Crippen molar-refractivity contribution in [2.75, 3.05) is 7.05 Å². The van der Waals surface area contributed by atoms with Gasteiger partial charge in [0.15, 0.2) is 0 Å². The van der Waals surface area contributed by atoms with Gasteiger partial charge in [-0.05, 0) is 25.6 Å². The lowest BCUT2D eigenvalue weighted by atomic mass is 10.1. The quantitative estimate of drug-likeness (QED) is 0.667. The van der Waals surface area contributed by atoms with Crippen LogP contribution in [0.3, 0.4) is 0 Å². The molecule has 2 aromatic rings. The molecule has 1 atom stereocenters. The van der Waals surface area contributed by atoms with Gasteiger partial charge < -0.3 is 15.6 Å². The summed E-state index contributed by atoms with van der Waals surface area (Å²) in [6.07, 6.45) is 1.49. The van der Waals surface area contributed by atoms with Crippen molar-refractivity contribution >= 4 is 22.7 Å². The first-order valence-electron chi connectivity index (χ1n) is 7.08. The molecule has 0 aliphatic heterocycles. The van der Waals surface area contributed by atoms with E-state index in [4.69, 9.17) is 0 Å². The van der Waals surface area contributed by atoms with Gasteiger partial charge in [0.25, 0.3) is 5.91 Å². The van der Waals surface area contributed by atoms with Crippen LogP contribution in [0.2, 0.25) is 0 Å². The van der Waals surface area contributed by atoms with E-state index in [-0.39, 0.29) is 6.54 Å². The van der Waals surface area contributed by atoms with Crippen molar-refractivity contribution in [3.63, 3.8) is 0 Å². The van der Waals surface area contributed by atoms with Gasteiger partial charge in [0.05, 0.1) is 23.6 Å². The zero-order valence-electron chi connectivity index (χ0n) is 12.3. The first-order chi connectivity index (χ1) is 10.2. The molecule has 112 valence electrons. The number of nitrogens with zero attached hydrogens (tertiary/aromatic N) is 1. The number of nitrogens with one attached hydrogen (secondary N) is 3. The zero-order valence-corrected chi connectivity index (χ0v) is 12.3. The van der Waals surface area contributed by atoms with Crippen molar-refractivity contribution in [3.8, 4) is 0 Å². The minimum Gasteiger partial charge on any atom is -0.342 e. The molecule has 6 nitrogen and oxygen atoms in total. The van der Waals surface area contributed by atoms with Crippen LogP contribution < -0.4 is 10.6 Å². The SMILES string of the molecule is CCCC(NC)C(=O)C(=O)NCc1nc2ccccc2[nH]1. The highest BCUT2D eigenvalue weighted by molar-refractivity contribution is 6.38. The largest absolute Gasteiger partial charge is 0.342 e. The zero-order chi connectivity index (χ0) is 15.2. The predicted molar refractivity (Wildman–Crippen MR) is 80.7 cm³/mol. The van der Waals surface area contributed by atoms with E-state index in [0.29, 0.717) is 12.2 Å². The number of ketones is 1. The molecular weight excluding hydrogens is 268 g/mol. The lowest BCUT2D eigenvalue weighted by Gasteiger charge is -2.13. The number of amides is 1. The molecule has 3 N–H and O–H groups in total. The van der Waals surface area contributed by atoms with Crippen LogP contribution >= 0.6 is 0 Å². The van der Waals surface area contributed by atoms with Crippen LogP contribution in [0.25, 0.3) is 11.0 Å². The summed E-state index contributed by atoms with van der Waals surface area (Å²) in [7, 11) is 1.69. The van der Waals surface area contributed by atoms with Gasteiger partial charge in [-0.2, -0.15) is 0 Å². The monoisotopic (exact) mass is 288 g/mol. The van der Waals surface area contributed by atoms with Crippen molar-refractivity contribution in [1.29, 1.82) is 0 Å². The molecule has 0 saturated heterocycles. The van der Waals surface area contributed by atoms with Crippen LogP contribution in [0, 0.1) is 0 Å². The molecule has 1 unspecified atom stereocenters. The van der Waals surface area contributed by atoms with Gasteiger partial charge in [0.1, 0.15) is 5.82 Å². The number of carbonyl (C=O) groups is 2. The van der Waals surface area contributed by atoms with E-state index in [1.54, 1.807) is 7.05 Å². The summed E-state index contributed by atoms with van der Waals surface area (Å²) < 4.78 is 0. The highest BCUT2D eigenvalue weighted by atomic mass is 16.2. The van der Waals surface area contributed by atoms with Crippen LogP contribution in [0.15, 0.2) is 24.3 Å². The van der Waals surface area contributed by atoms with Crippen LogP contribution in [0.4, 0.5) is 0 Å². The second kappa shape index (κ2) is 6.99. The molecule has 0 spiro atoms. The Hall–Kier alpha value is -2.21. The fraction of sp³-hybridized carbons (Fsp3) is 0.400. The summed E-state index contributed by atoms with van der Waals surface area (Å²) in [4.78, 5) is 31.3. The van der Waals surface area contributed by atoms with Crippen LogP contribution in [0.1, 0.15) is 25.6 Å². The summed E-state index contributed by atoms with van der Waals surface area (Å²) in [5.74, 6) is -0.382. The van der Waals surface area contributed by atoms with Crippen molar-refractivity contribution in [1.82, 2.24) is 20.6 Å². The van der Waals surface area contributed by atoms with Crippen molar-refractivity contribution in [3.05, 3.63) is 30.1 Å². The number of H-pyrrole nitrogens is 1. The van der Waals surface area contributed by atoms with E-state index < -0.39 is 17.7 Å². The third kappa shape index (κ3) is 3.66.